The van der Waals surface area contributed by atoms with Crippen LogP contribution in [-0.2, 0) is 6.42 Å². The Morgan fingerprint density at radius 1 is 1.10 bits per heavy atom. The van der Waals surface area contributed by atoms with Crippen LogP contribution in [0.4, 0.5) is 0 Å². The topological polar surface area (TPSA) is 29.3 Å². The van der Waals surface area contributed by atoms with Crippen molar-refractivity contribution in [2.45, 2.75) is 45.6 Å². The molecule has 2 aliphatic rings. The second kappa shape index (κ2) is 6.50. The van der Waals surface area contributed by atoms with Gasteiger partial charge in [0.15, 0.2) is 0 Å². The molecule has 2 fully saturated rings. The molecule has 116 valence electrons. The van der Waals surface area contributed by atoms with Gasteiger partial charge in [0.25, 0.3) is 0 Å². The van der Waals surface area contributed by atoms with Gasteiger partial charge in [-0.2, -0.15) is 0 Å². The van der Waals surface area contributed by atoms with Gasteiger partial charge < -0.3 is 10.6 Å². The summed E-state index contributed by atoms with van der Waals surface area (Å²) in [4.78, 5) is 2.60. The van der Waals surface area contributed by atoms with Crippen molar-refractivity contribution >= 4 is 0 Å². The summed E-state index contributed by atoms with van der Waals surface area (Å²) >= 11 is 0. The molecule has 0 spiro atoms. The van der Waals surface area contributed by atoms with Gasteiger partial charge in [-0.3, -0.25) is 0 Å². The Morgan fingerprint density at radius 3 is 2.29 bits per heavy atom. The minimum Gasteiger partial charge on any atom is -0.323 e. The van der Waals surface area contributed by atoms with Crippen molar-refractivity contribution in [2.24, 2.45) is 23.5 Å². The number of likely N-dealkylation sites (tertiary alicyclic amines) is 1. The molecule has 3 atom stereocenters. The lowest BCUT2D eigenvalue weighted by Gasteiger charge is -2.22. The van der Waals surface area contributed by atoms with Crippen LogP contribution in [0.25, 0.3) is 0 Å². The molecular weight excluding hydrogens is 256 g/mol. The molecule has 1 aromatic carbocycles. The maximum Gasteiger partial charge on any atom is 0.0424 e. The predicted molar refractivity (Wildman–Crippen MR) is 89.2 cm³/mol. The van der Waals surface area contributed by atoms with Gasteiger partial charge in [0.05, 0.1) is 0 Å². The van der Waals surface area contributed by atoms with Crippen LogP contribution in [0.1, 0.15) is 50.3 Å². The SMILES string of the molecule is CC(C)Cc1ccc(C(N)CN2CC3CCCC3C2)cc1. The summed E-state index contributed by atoms with van der Waals surface area (Å²) in [6.45, 7) is 8.12. The molecule has 1 saturated heterocycles. The minimum absolute atomic E-state index is 0.164. The first-order valence-electron chi connectivity index (χ1n) is 8.68. The van der Waals surface area contributed by atoms with Crippen molar-refractivity contribution in [3.8, 4) is 0 Å². The maximum absolute atomic E-state index is 6.43. The summed E-state index contributed by atoms with van der Waals surface area (Å²) in [7, 11) is 0. The summed E-state index contributed by atoms with van der Waals surface area (Å²) in [6.07, 6.45) is 5.50. The zero-order valence-corrected chi connectivity index (χ0v) is 13.6. The third-order valence-corrected chi connectivity index (χ3v) is 5.31. The lowest BCUT2D eigenvalue weighted by molar-refractivity contribution is 0.292. The summed E-state index contributed by atoms with van der Waals surface area (Å²) in [5.41, 5.74) is 9.15. The number of rotatable bonds is 5. The van der Waals surface area contributed by atoms with Crippen LogP contribution >= 0.6 is 0 Å². The van der Waals surface area contributed by atoms with E-state index in [-0.39, 0.29) is 6.04 Å². The van der Waals surface area contributed by atoms with Crippen molar-refractivity contribution in [3.63, 3.8) is 0 Å². The van der Waals surface area contributed by atoms with Crippen molar-refractivity contribution in [3.05, 3.63) is 35.4 Å². The van der Waals surface area contributed by atoms with E-state index in [9.17, 15) is 0 Å². The average molecular weight is 286 g/mol. The van der Waals surface area contributed by atoms with E-state index in [1.807, 2.05) is 0 Å². The second-order valence-electron chi connectivity index (χ2n) is 7.62. The van der Waals surface area contributed by atoms with E-state index in [0.29, 0.717) is 5.92 Å². The van der Waals surface area contributed by atoms with Gasteiger partial charge in [-0.05, 0) is 48.1 Å². The molecule has 0 amide bonds. The largest absolute Gasteiger partial charge is 0.323 e. The van der Waals surface area contributed by atoms with E-state index in [0.717, 1.165) is 24.8 Å². The van der Waals surface area contributed by atoms with Gasteiger partial charge in [-0.15, -0.1) is 0 Å². The third kappa shape index (κ3) is 3.67. The van der Waals surface area contributed by atoms with Gasteiger partial charge in [0.1, 0.15) is 0 Å². The predicted octanol–water partition coefficient (Wildman–Crippen LogP) is 3.62. The van der Waals surface area contributed by atoms with E-state index in [1.54, 1.807) is 0 Å². The van der Waals surface area contributed by atoms with Crippen LogP contribution in [0.2, 0.25) is 0 Å². The van der Waals surface area contributed by atoms with Gasteiger partial charge in [0, 0.05) is 25.7 Å². The van der Waals surface area contributed by atoms with Gasteiger partial charge in [-0.1, -0.05) is 44.5 Å². The highest BCUT2D eigenvalue weighted by Crippen LogP contribution is 2.38. The third-order valence-electron chi connectivity index (χ3n) is 5.31. The lowest BCUT2D eigenvalue weighted by Crippen LogP contribution is -2.31. The first-order valence-corrected chi connectivity index (χ1v) is 8.68. The highest BCUT2D eigenvalue weighted by Gasteiger charge is 2.36. The molecule has 2 heteroatoms. The zero-order chi connectivity index (χ0) is 14.8. The van der Waals surface area contributed by atoms with Crippen LogP contribution in [0.5, 0.6) is 0 Å². The smallest absolute Gasteiger partial charge is 0.0424 e. The minimum atomic E-state index is 0.164. The quantitative estimate of drug-likeness (QED) is 0.896. The second-order valence-corrected chi connectivity index (χ2v) is 7.62. The van der Waals surface area contributed by atoms with Crippen LogP contribution < -0.4 is 5.73 Å². The fourth-order valence-corrected chi connectivity index (χ4v) is 4.24. The number of nitrogens with zero attached hydrogens (tertiary/aromatic N) is 1. The van der Waals surface area contributed by atoms with Crippen LogP contribution in [0, 0.1) is 17.8 Å². The number of hydrogen-bond acceptors (Lipinski definition) is 2. The van der Waals surface area contributed by atoms with Crippen molar-refractivity contribution in [2.75, 3.05) is 19.6 Å². The monoisotopic (exact) mass is 286 g/mol. The first kappa shape index (κ1) is 15.1. The van der Waals surface area contributed by atoms with Crippen molar-refractivity contribution < 1.29 is 0 Å². The summed E-state index contributed by atoms with van der Waals surface area (Å²) in [6, 6.07) is 9.15. The highest BCUT2D eigenvalue weighted by molar-refractivity contribution is 5.25. The summed E-state index contributed by atoms with van der Waals surface area (Å²) in [5.74, 6) is 2.64. The van der Waals surface area contributed by atoms with E-state index in [2.05, 4.69) is 43.0 Å². The molecule has 1 aliphatic carbocycles. The molecule has 0 radical (unpaired) electrons. The highest BCUT2D eigenvalue weighted by atomic mass is 15.2. The Bertz CT molecular complexity index is 439. The molecule has 0 bridgehead atoms. The van der Waals surface area contributed by atoms with Crippen molar-refractivity contribution in [1.29, 1.82) is 0 Å². The first-order chi connectivity index (χ1) is 10.1. The summed E-state index contributed by atoms with van der Waals surface area (Å²) < 4.78 is 0. The number of nitrogens with two attached hydrogens (primary N) is 1. The zero-order valence-electron chi connectivity index (χ0n) is 13.6. The van der Waals surface area contributed by atoms with E-state index >= 15 is 0 Å². The maximum atomic E-state index is 6.43. The number of fused-ring (bicyclic) bond motifs is 1. The average Bonchev–Trinajstić information content (AvgIpc) is 2.99. The van der Waals surface area contributed by atoms with Crippen LogP contribution in [0.15, 0.2) is 24.3 Å². The Morgan fingerprint density at radius 2 is 1.71 bits per heavy atom. The molecule has 2 N–H and O–H groups in total. The standard InChI is InChI=1S/C19H30N2/c1-14(2)10-15-6-8-16(9-7-15)19(20)13-21-11-17-4-3-5-18(17)12-21/h6-9,14,17-19H,3-5,10-13,20H2,1-2H3. The Kier molecular flexibility index (Phi) is 4.66. The van der Waals surface area contributed by atoms with E-state index < -0.39 is 0 Å². The van der Waals surface area contributed by atoms with Crippen LogP contribution in [0.3, 0.4) is 0 Å². The van der Waals surface area contributed by atoms with Gasteiger partial charge in [-0.25, -0.2) is 0 Å². The Labute approximate surface area is 129 Å². The Hall–Kier alpha value is -0.860. The fourth-order valence-electron chi connectivity index (χ4n) is 4.24. The lowest BCUT2D eigenvalue weighted by atomic mass is 9.99. The normalized spacial score (nSPS) is 27.2. The molecule has 1 aromatic rings. The number of benzene rings is 1. The molecule has 0 aromatic heterocycles. The van der Waals surface area contributed by atoms with Crippen molar-refractivity contribution in [1.82, 2.24) is 4.90 Å². The summed E-state index contributed by atoms with van der Waals surface area (Å²) in [5, 5.41) is 0. The molecule has 21 heavy (non-hydrogen) atoms. The van der Waals surface area contributed by atoms with Gasteiger partial charge >= 0.3 is 0 Å². The van der Waals surface area contributed by atoms with E-state index in [4.69, 9.17) is 5.73 Å². The number of hydrogen-bond donors (Lipinski definition) is 1. The Balaban J connectivity index is 1.54. The molecule has 3 unspecified atom stereocenters. The van der Waals surface area contributed by atoms with E-state index in [1.165, 1.54) is 43.5 Å². The fraction of sp³-hybridized carbons (Fsp3) is 0.684. The van der Waals surface area contributed by atoms with Gasteiger partial charge in [0.2, 0.25) is 0 Å². The van der Waals surface area contributed by atoms with Crippen LogP contribution in [-0.4, -0.2) is 24.5 Å². The molecule has 1 aliphatic heterocycles. The molecular formula is C19H30N2. The molecule has 3 rings (SSSR count). The molecule has 1 saturated carbocycles. The molecule has 2 nitrogen and oxygen atoms in total. The molecule has 1 heterocycles.